The van der Waals surface area contributed by atoms with Crippen LogP contribution in [0.2, 0.25) is 5.15 Å². The Morgan fingerprint density at radius 1 is 1.13 bits per heavy atom. The van der Waals surface area contributed by atoms with E-state index in [4.69, 9.17) is 21.1 Å². The lowest BCUT2D eigenvalue weighted by atomic mass is 10.1. The molecule has 162 valence electrons. The van der Waals surface area contributed by atoms with Gasteiger partial charge in [-0.3, -0.25) is 0 Å². The molecular formula is C21H26ClN3O5. The van der Waals surface area contributed by atoms with E-state index in [1.807, 2.05) is 18.2 Å². The van der Waals surface area contributed by atoms with E-state index in [0.29, 0.717) is 35.1 Å². The van der Waals surface area contributed by atoms with Crippen molar-refractivity contribution in [3.05, 3.63) is 40.3 Å². The summed E-state index contributed by atoms with van der Waals surface area (Å²) < 4.78 is 10.6. The van der Waals surface area contributed by atoms with E-state index in [1.165, 1.54) is 0 Å². The molecule has 1 aliphatic carbocycles. The van der Waals surface area contributed by atoms with Crippen LogP contribution in [0.4, 0.5) is 5.82 Å². The molecule has 4 N–H and O–H groups in total. The molecule has 0 bridgehead atoms. The zero-order valence-electron chi connectivity index (χ0n) is 17.0. The lowest BCUT2D eigenvalue weighted by molar-refractivity contribution is 0.00445. The van der Waals surface area contributed by atoms with Crippen LogP contribution in [0.15, 0.2) is 18.2 Å². The van der Waals surface area contributed by atoms with Gasteiger partial charge in [0.2, 0.25) is 0 Å². The van der Waals surface area contributed by atoms with Crippen molar-refractivity contribution in [2.75, 3.05) is 26.1 Å². The minimum absolute atomic E-state index is 0.202. The van der Waals surface area contributed by atoms with E-state index < -0.39 is 24.2 Å². The summed E-state index contributed by atoms with van der Waals surface area (Å²) >= 11 is 6.37. The van der Waals surface area contributed by atoms with E-state index in [1.54, 1.807) is 33.3 Å². The van der Waals surface area contributed by atoms with Gasteiger partial charge in [-0.2, -0.15) is 0 Å². The van der Waals surface area contributed by atoms with Crippen molar-refractivity contribution in [3.63, 3.8) is 0 Å². The topological polar surface area (TPSA) is 117 Å². The first-order valence-electron chi connectivity index (χ1n) is 9.55. The molecule has 1 heterocycles. The fourth-order valence-corrected chi connectivity index (χ4v) is 3.84. The Morgan fingerprint density at radius 3 is 2.50 bits per heavy atom. The molecular weight excluding hydrogens is 410 g/mol. The van der Waals surface area contributed by atoms with E-state index in [2.05, 4.69) is 15.3 Å². The molecule has 1 aromatic heterocycles. The van der Waals surface area contributed by atoms with Gasteiger partial charge in [-0.25, -0.2) is 9.97 Å². The van der Waals surface area contributed by atoms with Crippen LogP contribution in [-0.2, 0) is 0 Å². The van der Waals surface area contributed by atoms with Crippen LogP contribution in [0.25, 0.3) is 12.2 Å². The highest BCUT2D eigenvalue weighted by Gasteiger charge is 2.41. The summed E-state index contributed by atoms with van der Waals surface area (Å²) in [6, 6.07) is 5.03. The Balaban J connectivity index is 1.89. The third-order valence-corrected chi connectivity index (χ3v) is 5.51. The van der Waals surface area contributed by atoms with Crippen LogP contribution >= 0.6 is 11.6 Å². The van der Waals surface area contributed by atoms with Crippen LogP contribution in [0.1, 0.15) is 23.4 Å². The van der Waals surface area contributed by atoms with Gasteiger partial charge in [0.25, 0.3) is 0 Å². The van der Waals surface area contributed by atoms with Crippen molar-refractivity contribution in [2.45, 2.75) is 31.6 Å². The SMILES string of the molecule is COc1ccc(/C=C/c2c(Cl)nc(C)nc2N[C@@H]2C[C@H](CO)[C@@H](O)[C@H]2O)cc1OC. The summed E-state index contributed by atoms with van der Waals surface area (Å²) in [4.78, 5) is 8.64. The van der Waals surface area contributed by atoms with Gasteiger partial charge in [0.1, 0.15) is 22.9 Å². The molecule has 1 saturated carbocycles. The fraction of sp³-hybridized carbons (Fsp3) is 0.429. The predicted octanol–water partition coefficient (Wildman–Crippen LogP) is 2.14. The van der Waals surface area contributed by atoms with Gasteiger partial charge in [0.15, 0.2) is 11.5 Å². The Morgan fingerprint density at radius 2 is 1.87 bits per heavy atom. The highest BCUT2D eigenvalue weighted by atomic mass is 35.5. The quantitative estimate of drug-likeness (QED) is 0.489. The third-order valence-electron chi connectivity index (χ3n) is 5.22. The summed E-state index contributed by atoms with van der Waals surface area (Å²) in [7, 11) is 3.14. The molecule has 1 aromatic carbocycles. The first-order valence-corrected chi connectivity index (χ1v) is 9.93. The van der Waals surface area contributed by atoms with Crippen LogP contribution in [0, 0.1) is 12.8 Å². The molecule has 0 saturated heterocycles. The number of ether oxygens (including phenoxy) is 2. The molecule has 9 heteroatoms. The maximum absolute atomic E-state index is 10.3. The number of aliphatic hydroxyl groups excluding tert-OH is 3. The van der Waals surface area contributed by atoms with E-state index in [-0.39, 0.29) is 11.8 Å². The van der Waals surface area contributed by atoms with Crippen molar-refractivity contribution in [1.82, 2.24) is 9.97 Å². The zero-order chi connectivity index (χ0) is 21.8. The summed E-state index contributed by atoms with van der Waals surface area (Å²) in [6.45, 7) is 1.52. The molecule has 0 amide bonds. The number of hydrogen-bond acceptors (Lipinski definition) is 8. The van der Waals surface area contributed by atoms with E-state index >= 15 is 0 Å². The number of aliphatic hydroxyl groups is 3. The van der Waals surface area contributed by atoms with Crippen molar-refractivity contribution in [3.8, 4) is 11.5 Å². The van der Waals surface area contributed by atoms with Crippen LogP contribution < -0.4 is 14.8 Å². The number of aryl methyl sites for hydroxylation is 1. The largest absolute Gasteiger partial charge is 0.493 e. The number of benzene rings is 1. The number of rotatable bonds is 7. The number of hydrogen-bond donors (Lipinski definition) is 4. The fourth-order valence-electron chi connectivity index (χ4n) is 3.57. The van der Waals surface area contributed by atoms with E-state index in [0.717, 1.165) is 5.56 Å². The number of nitrogens with one attached hydrogen (secondary N) is 1. The first-order chi connectivity index (χ1) is 14.4. The highest BCUT2D eigenvalue weighted by molar-refractivity contribution is 6.31. The van der Waals surface area contributed by atoms with Gasteiger partial charge in [-0.15, -0.1) is 0 Å². The van der Waals surface area contributed by atoms with Crippen molar-refractivity contribution in [1.29, 1.82) is 0 Å². The monoisotopic (exact) mass is 435 g/mol. The second kappa shape index (κ2) is 9.61. The second-order valence-corrected chi connectivity index (χ2v) is 7.54. The molecule has 2 aromatic rings. The minimum atomic E-state index is -1.03. The second-order valence-electron chi connectivity index (χ2n) is 7.18. The lowest BCUT2D eigenvalue weighted by Crippen LogP contribution is -2.35. The third kappa shape index (κ3) is 4.67. The maximum atomic E-state index is 10.3. The number of anilines is 1. The summed E-state index contributed by atoms with van der Waals surface area (Å²) in [5.74, 6) is 1.74. The van der Waals surface area contributed by atoms with Crippen molar-refractivity contribution < 1.29 is 24.8 Å². The van der Waals surface area contributed by atoms with Crippen LogP contribution in [-0.4, -0.2) is 64.4 Å². The molecule has 0 spiro atoms. The number of methoxy groups -OCH3 is 2. The number of aromatic nitrogens is 2. The van der Waals surface area contributed by atoms with Crippen molar-refractivity contribution in [2.24, 2.45) is 5.92 Å². The Kier molecular flexibility index (Phi) is 7.14. The van der Waals surface area contributed by atoms with Gasteiger partial charge in [0, 0.05) is 12.5 Å². The van der Waals surface area contributed by atoms with Crippen molar-refractivity contribution >= 4 is 29.6 Å². The smallest absolute Gasteiger partial charge is 0.161 e. The first kappa shape index (κ1) is 22.3. The summed E-state index contributed by atoms with van der Waals surface area (Å²) in [5, 5.41) is 33.2. The normalized spacial score (nSPS) is 23.7. The molecule has 0 radical (unpaired) electrons. The molecule has 1 fully saturated rings. The Bertz CT molecular complexity index is 924. The Hall–Kier alpha value is -2.39. The standard InChI is InChI=1S/C21H26ClN3O5/c1-11-23-20(22)14(6-4-12-5-7-16(29-2)17(8-12)30-3)21(24-11)25-15-9-13(10-26)18(27)19(15)28/h4-8,13,15,18-19,26-28H,9-10H2,1-3H3,(H,23,24,25)/b6-4+/t13-,15-,18-,19+/m1/s1. The number of nitrogens with zero attached hydrogens (tertiary/aromatic N) is 2. The maximum Gasteiger partial charge on any atom is 0.161 e. The zero-order valence-corrected chi connectivity index (χ0v) is 17.8. The van der Waals surface area contributed by atoms with Gasteiger partial charge >= 0.3 is 0 Å². The van der Waals surface area contributed by atoms with E-state index in [9.17, 15) is 15.3 Å². The molecule has 8 nitrogen and oxygen atoms in total. The minimum Gasteiger partial charge on any atom is -0.493 e. The highest BCUT2D eigenvalue weighted by Crippen LogP contribution is 2.32. The predicted molar refractivity (Wildman–Crippen MR) is 115 cm³/mol. The molecule has 0 aliphatic heterocycles. The molecule has 3 rings (SSSR count). The molecule has 0 unspecified atom stereocenters. The van der Waals surface area contributed by atoms with Gasteiger partial charge in [0.05, 0.1) is 31.9 Å². The van der Waals surface area contributed by atoms with Gasteiger partial charge < -0.3 is 30.1 Å². The lowest BCUT2D eigenvalue weighted by Gasteiger charge is -2.20. The van der Waals surface area contributed by atoms with Gasteiger partial charge in [-0.1, -0.05) is 23.7 Å². The van der Waals surface area contributed by atoms with Crippen LogP contribution in [0.3, 0.4) is 0 Å². The number of halogens is 1. The van der Waals surface area contributed by atoms with Crippen LogP contribution in [0.5, 0.6) is 11.5 Å². The molecule has 30 heavy (non-hydrogen) atoms. The van der Waals surface area contributed by atoms with Gasteiger partial charge in [-0.05, 0) is 37.1 Å². The average molecular weight is 436 g/mol. The summed E-state index contributed by atoms with van der Waals surface area (Å²) in [5.41, 5.74) is 1.40. The average Bonchev–Trinajstić information content (AvgIpc) is 3.00. The Labute approximate surface area is 180 Å². The molecule has 4 atom stereocenters. The summed E-state index contributed by atoms with van der Waals surface area (Å²) in [6.07, 6.45) is 1.98. The molecule has 1 aliphatic rings.